The normalized spacial score (nSPS) is 10.8. The van der Waals surface area contributed by atoms with E-state index >= 15 is 0 Å². The van der Waals surface area contributed by atoms with Gasteiger partial charge in [0.2, 0.25) is 0 Å². The third-order valence-electron chi connectivity index (χ3n) is 2.36. The molecular weight excluding hydrogens is 264 g/mol. The molecule has 0 aromatic carbocycles. The Balaban J connectivity index is 2.09. The number of hydrogen-bond donors (Lipinski definition) is 1. The molecule has 0 atom stereocenters. The van der Waals surface area contributed by atoms with Crippen LogP contribution in [-0.4, -0.2) is 21.7 Å². The van der Waals surface area contributed by atoms with Gasteiger partial charge in [0.05, 0.1) is 0 Å². The minimum absolute atomic E-state index is 0.868. The molecule has 0 spiro atoms. The van der Waals surface area contributed by atoms with Crippen molar-refractivity contribution in [3.8, 4) is 0 Å². The summed E-state index contributed by atoms with van der Waals surface area (Å²) in [5.74, 6) is 0. The van der Waals surface area contributed by atoms with Crippen molar-refractivity contribution < 1.29 is 0 Å². The number of nitrogens with one attached hydrogen (secondary N) is 1. The average Bonchev–Trinajstić information content (AvgIpc) is 2.75. The quantitative estimate of drug-likeness (QED) is 0.912. The molecule has 0 fully saturated rings. The Kier molecular flexibility index (Phi) is 4.68. The van der Waals surface area contributed by atoms with Crippen LogP contribution >= 0.6 is 23.1 Å². The lowest BCUT2D eigenvalue weighted by Gasteiger charge is -2.06. The predicted octanol–water partition coefficient (Wildman–Crippen LogP) is 2.81. The highest BCUT2D eigenvalue weighted by atomic mass is 32.2. The number of aromatic nitrogens is 3. The van der Waals surface area contributed by atoms with Gasteiger partial charge in [-0.25, -0.2) is 4.98 Å². The van der Waals surface area contributed by atoms with Crippen LogP contribution in [0.25, 0.3) is 0 Å². The molecule has 0 aliphatic rings. The summed E-state index contributed by atoms with van der Waals surface area (Å²) in [7, 11) is 0. The summed E-state index contributed by atoms with van der Waals surface area (Å²) in [5, 5.41) is 13.4. The van der Waals surface area contributed by atoms with Gasteiger partial charge in [0.15, 0.2) is 4.34 Å². The van der Waals surface area contributed by atoms with Gasteiger partial charge in [-0.2, -0.15) is 0 Å². The Morgan fingerprint density at radius 2 is 2.17 bits per heavy atom. The van der Waals surface area contributed by atoms with E-state index in [9.17, 15) is 0 Å². The van der Waals surface area contributed by atoms with Gasteiger partial charge in [-0.1, -0.05) is 24.3 Å². The van der Waals surface area contributed by atoms with Gasteiger partial charge in [-0.05, 0) is 43.3 Å². The van der Waals surface area contributed by atoms with E-state index in [0.717, 1.165) is 27.5 Å². The van der Waals surface area contributed by atoms with E-state index in [1.807, 2.05) is 13.1 Å². The molecular formula is C12H16N4S2. The third-order valence-corrected chi connectivity index (χ3v) is 4.37. The highest BCUT2D eigenvalue weighted by Crippen LogP contribution is 2.30. The summed E-state index contributed by atoms with van der Waals surface area (Å²) in [5.41, 5.74) is 2.40. The molecule has 6 heteroatoms. The maximum atomic E-state index is 4.50. The van der Waals surface area contributed by atoms with Gasteiger partial charge in [0.1, 0.15) is 10.0 Å². The fraction of sp³-hybridized carbons (Fsp3) is 0.417. The summed E-state index contributed by atoms with van der Waals surface area (Å²) in [6, 6.07) is 2.17. The van der Waals surface area contributed by atoms with Crippen molar-refractivity contribution in [2.75, 3.05) is 6.54 Å². The number of aryl methyl sites for hydroxylation is 2. The van der Waals surface area contributed by atoms with Gasteiger partial charge < -0.3 is 5.32 Å². The fourth-order valence-electron chi connectivity index (χ4n) is 1.50. The lowest BCUT2D eigenvalue weighted by atomic mass is 10.2. The van der Waals surface area contributed by atoms with Crippen molar-refractivity contribution >= 4 is 23.1 Å². The smallest absolute Gasteiger partial charge is 0.180 e. The molecule has 0 saturated heterocycles. The molecule has 96 valence electrons. The molecule has 0 radical (unpaired) electrons. The van der Waals surface area contributed by atoms with Crippen LogP contribution in [0, 0.1) is 13.8 Å². The monoisotopic (exact) mass is 280 g/mol. The lowest BCUT2D eigenvalue weighted by Crippen LogP contribution is -2.12. The summed E-state index contributed by atoms with van der Waals surface area (Å²) in [4.78, 5) is 4.50. The fourth-order valence-corrected chi connectivity index (χ4v) is 3.25. The van der Waals surface area contributed by atoms with E-state index < -0.39 is 0 Å². The molecule has 0 bridgehead atoms. The molecule has 4 nitrogen and oxygen atoms in total. The minimum atomic E-state index is 0.868. The second-order valence-corrected chi connectivity index (χ2v) is 6.35. The van der Waals surface area contributed by atoms with Crippen molar-refractivity contribution in [2.45, 2.75) is 36.7 Å². The second-order valence-electron chi connectivity index (χ2n) is 3.93. The number of rotatable bonds is 5. The van der Waals surface area contributed by atoms with Crippen LogP contribution in [0.5, 0.6) is 0 Å². The Labute approximate surface area is 115 Å². The molecule has 2 aromatic heterocycles. The Bertz CT molecular complexity index is 525. The van der Waals surface area contributed by atoms with Crippen LogP contribution in [0.4, 0.5) is 0 Å². The summed E-state index contributed by atoms with van der Waals surface area (Å²) in [6.45, 7) is 7.98. The predicted molar refractivity (Wildman–Crippen MR) is 75.1 cm³/mol. The molecule has 2 aromatic rings. The number of pyridine rings is 1. The summed E-state index contributed by atoms with van der Waals surface area (Å²) in [6.07, 6.45) is 1.92. The van der Waals surface area contributed by atoms with Crippen LogP contribution < -0.4 is 5.32 Å². The van der Waals surface area contributed by atoms with Crippen molar-refractivity contribution in [1.29, 1.82) is 0 Å². The first kappa shape index (κ1) is 13.5. The van der Waals surface area contributed by atoms with E-state index in [4.69, 9.17) is 0 Å². The molecule has 0 saturated carbocycles. The SMILES string of the molecule is CCNCc1cnc(Sc2nnc(C)s2)c(C)c1. The molecule has 0 aliphatic heterocycles. The number of hydrogen-bond acceptors (Lipinski definition) is 6. The van der Waals surface area contributed by atoms with Crippen LogP contribution in [0.2, 0.25) is 0 Å². The van der Waals surface area contributed by atoms with Crippen molar-refractivity contribution in [3.63, 3.8) is 0 Å². The highest BCUT2D eigenvalue weighted by molar-refractivity contribution is 8.01. The van der Waals surface area contributed by atoms with Gasteiger partial charge in [-0.3, -0.25) is 0 Å². The largest absolute Gasteiger partial charge is 0.313 e. The summed E-state index contributed by atoms with van der Waals surface area (Å²) >= 11 is 3.18. The highest BCUT2D eigenvalue weighted by Gasteiger charge is 2.07. The topological polar surface area (TPSA) is 50.7 Å². The van der Waals surface area contributed by atoms with Gasteiger partial charge in [0, 0.05) is 12.7 Å². The van der Waals surface area contributed by atoms with Crippen LogP contribution in [0.15, 0.2) is 21.6 Å². The number of nitrogens with zero attached hydrogens (tertiary/aromatic N) is 3. The van der Waals surface area contributed by atoms with E-state index in [1.165, 1.54) is 11.1 Å². The van der Waals surface area contributed by atoms with Crippen molar-refractivity contribution in [1.82, 2.24) is 20.5 Å². The van der Waals surface area contributed by atoms with Gasteiger partial charge in [0.25, 0.3) is 0 Å². The van der Waals surface area contributed by atoms with Crippen LogP contribution in [0.1, 0.15) is 23.1 Å². The lowest BCUT2D eigenvalue weighted by molar-refractivity contribution is 0.721. The van der Waals surface area contributed by atoms with E-state index in [1.54, 1.807) is 23.1 Å². The van der Waals surface area contributed by atoms with E-state index in [0.29, 0.717) is 0 Å². The third kappa shape index (κ3) is 3.51. The van der Waals surface area contributed by atoms with Crippen LogP contribution in [-0.2, 0) is 6.54 Å². The zero-order valence-corrected chi connectivity index (χ0v) is 12.4. The Morgan fingerprint density at radius 3 is 2.78 bits per heavy atom. The molecule has 1 N–H and O–H groups in total. The zero-order valence-electron chi connectivity index (χ0n) is 10.7. The molecule has 2 rings (SSSR count). The molecule has 2 heterocycles. The Hall–Kier alpha value is -0.980. The molecule has 0 amide bonds. The zero-order chi connectivity index (χ0) is 13.0. The second kappa shape index (κ2) is 6.26. The van der Waals surface area contributed by atoms with Gasteiger partial charge >= 0.3 is 0 Å². The Morgan fingerprint density at radius 1 is 1.33 bits per heavy atom. The maximum absolute atomic E-state index is 4.50. The van der Waals surface area contributed by atoms with E-state index in [2.05, 4.69) is 40.4 Å². The molecule has 0 unspecified atom stereocenters. The molecule has 0 aliphatic carbocycles. The van der Waals surface area contributed by atoms with Gasteiger partial charge in [-0.15, -0.1) is 10.2 Å². The minimum Gasteiger partial charge on any atom is -0.313 e. The standard InChI is InChI=1S/C12H16N4S2/c1-4-13-6-10-5-8(2)11(14-7-10)18-12-16-15-9(3)17-12/h5,7,13H,4,6H2,1-3H3. The van der Waals surface area contributed by atoms with Crippen molar-refractivity contribution in [2.24, 2.45) is 0 Å². The molecule has 18 heavy (non-hydrogen) atoms. The van der Waals surface area contributed by atoms with E-state index in [-0.39, 0.29) is 0 Å². The first-order valence-corrected chi connectivity index (χ1v) is 7.46. The summed E-state index contributed by atoms with van der Waals surface area (Å²) < 4.78 is 0.947. The first-order chi connectivity index (χ1) is 8.69. The van der Waals surface area contributed by atoms with Crippen molar-refractivity contribution in [3.05, 3.63) is 28.4 Å². The average molecular weight is 280 g/mol. The maximum Gasteiger partial charge on any atom is 0.180 e. The van der Waals surface area contributed by atoms with Crippen LogP contribution in [0.3, 0.4) is 0 Å². The first-order valence-electron chi connectivity index (χ1n) is 5.83.